The third-order valence-electron chi connectivity index (χ3n) is 2.57. The molecule has 1 rings (SSSR count). The zero-order chi connectivity index (χ0) is 16.7. The van der Waals surface area contributed by atoms with Crippen LogP contribution in [-0.2, 0) is 16.0 Å². The van der Waals surface area contributed by atoms with Crippen molar-refractivity contribution < 1.29 is 18.3 Å². The number of esters is 1. The molecule has 0 bridgehead atoms. The van der Waals surface area contributed by atoms with Gasteiger partial charge in [0, 0.05) is 5.56 Å². The van der Waals surface area contributed by atoms with E-state index < -0.39 is 41.0 Å². The summed E-state index contributed by atoms with van der Waals surface area (Å²) in [6.07, 6.45) is -0.456. The van der Waals surface area contributed by atoms with Crippen LogP contribution in [0.15, 0.2) is 23.4 Å². The van der Waals surface area contributed by atoms with Crippen molar-refractivity contribution in [1.29, 1.82) is 15.8 Å². The average Bonchev–Trinajstić information content (AvgIpc) is 2.53. The van der Waals surface area contributed by atoms with Gasteiger partial charge in [0.15, 0.2) is 17.2 Å². The number of nitriles is 3. The van der Waals surface area contributed by atoms with Crippen LogP contribution >= 0.6 is 0 Å². The lowest BCUT2D eigenvalue weighted by Crippen LogP contribution is -2.09. The van der Waals surface area contributed by atoms with Gasteiger partial charge < -0.3 is 10.1 Å². The zero-order valence-electron chi connectivity index (χ0n) is 11.3. The number of carbonyl (C=O) groups excluding carboxylic acids is 1. The van der Waals surface area contributed by atoms with Gasteiger partial charge in [-0.05, 0) is 6.07 Å². The van der Waals surface area contributed by atoms with Crippen molar-refractivity contribution in [3.05, 3.63) is 40.6 Å². The lowest BCUT2D eigenvalue weighted by molar-refractivity contribution is -0.139. The summed E-state index contributed by atoms with van der Waals surface area (Å²) >= 11 is 0. The first-order chi connectivity index (χ1) is 10.5. The van der Waals surface area contributed by atoms with E-state index in [2.05, 4.69) is 10.1 Å². The number of benzene rings is 1. The predicted molar refractivity (Wildman–Crippen MR) is 69.6 cm³/mol. The third kappa shape index (κ3) is 3.56. The maximum absolute atomic E-state index is 13.9. The van der Waals surface area contributed by atoms with Crippen molar-refractivity contribution in [3.8, 4) is 18.2 Å². The molecule has 0 saturated heterocycles. The molecular formula is C14H8F2N4O2. The Bertz CT molecular complexity index is 751. The van der Waals surface area contributed by atoms with E-state index in [0.29, 0.717) is 0 Å². The van der Waals surface area contributed by atoms with Gasteiger partial charge in [-0.2, -0.15) is 15.8 Å². The van der Waals surface area contributed by atoms with Crippen molar-refractivity contribution in [2.45, 2.75) is 6.42 Å². The van der Waals surface area contributed by atoms with E-state index in [0.717, 1.165) is 19.2 Å². The van der Waals surface area contributed by atoms with Crippen molar-refractivity contribution in [2.24, 2.45) is 0 Å². The normalized spacial score (nSPS) is 8.91. The molecular weight excluding hydrogens is 294 g/mol. The van der Waals surface area contributed by atoms with Crippen molar-refractivity contribution in [3.63, 3.8) is 0 Å². The van der Waals surface area contributed by atoms with Gasteiger partial charge in [-0.3, -0.25) is 4.79 Å². The third-order valence-corrected chi connectivity index (χ3v) is 2.57. The summed E-state index contributed by atoms with van der Waals surface area (Å²) in [6.45, 7) is 0. The van der Waals surface area contributed by atoms with Crippen LogP contribution in [0.4, 0.5) is 14.5 Å². The van der Waals surface area contributed by atoms with Gasteiger partial charge >= 0.3 is 5.97 Å². The van der Waals surface area contributed by atoms with E-state index in [-0.39, 0.29) is 5.56 Å². The number of nitrogens with one attached hydrogen (secondary N) is 1. The van der Waals surface area contributed by atoms with Crippen LogP contribution in [-0.4, -0.2) is 13.1 Å². The summed E-state index contributed by atoms with van der Waals surface area (Å²) in [5, 5.41) is 28.3. The summed E-state index contributed by atoms with van der Waals surface area (Å²) in [5.41, 5.74) is -1.74. The van der Waals surface area contributed by atoms with Gasteiger partial charge in [0.1, 0.15) is 23.9 Å². The molecule has 0 fully saturated rings. The van der Waals surface area contributed by atoms with E-state index in [9.17, 15) is 13.6 Å². The highest BCUT2D eigenvalue weighted by Crippen LogP contribution is 2.23. The molecule has 8 heteroatoms. The van der Waals surface area contributed by atoms with E-state index in [4.69, 9.17) is 15.8 Å². The average molecular weight is 302 g/mol. The molecule has 6 nitrogen and oxygen atoms in total. The van der Waals surface area contributed by atoms with Crippen molar-refractivity contribution in [2.75, 3.05) is 12.4 Å². The number of anilines is 1. The number of rotatable bonds is 4. The fourth-order valence-electron chi connectivity index (χ4n) is 1.47. The van der Waals surface area contributed by atoms with Gasteiger partial charge in [0.25, 0.3) is 0 Å². The van der Waals surface area contributed by atoms with Gasteiger partial charge in [-0.1, -0.05) is 6.07 Å². The lowest BCUT2D eigenvalue weighted by Gasteiger charge is -2.09. The first-order valence-electron chi connectivity index (χ1n) is 5.73. The number of hydrogen-bond acceptors (Lipinski definition) is 6. The number of nitrogens with zero attached hydrogens (tertiary/aromatic N) is 3. The Kier molecular flexibility index (Phi) is 5.57. The fraction of sp³-hybridized carbons (Fsp3) is 0.143. The van der Waals surface area contributed by atoms with E-state index in [1.165, 1.54) is 18.2 Å². The largest absolute Gasteiger partial charge is 0.469 e. The number of ether oxygens (including phenoxy) is 1. The molecule has 0 heterocycles. The van der Waals surface area contributed by atoms with E-state index in [1.54, 1.807) is 0 Å². The van der Waals surface area contributed by atoms with Gasteiger partial charge in [-0.25, -0.2) is 8.78 Å². The number of allylic oxidation sites excluding steroid dienone is 2. The molecule has 0 atom stereocenters. The minimum Gasteiger partial charge on any atom is -0.469 e. The zero-order valence-corrected chi connectivity index (χ0v) is 11.3. The number of hydrogen-bond donors (Lipinski definition) is 1. The molecule has 0 aliphatic heterocycles. The smallest absolute Gasteiger partial charge is 0.310 e. The van der Waals surface area contributed by atoms with Crippen LogP contribution in [0.25, 0.3) is 0 Å². The molecule has 110 valence electrons. The van der Waals surface area contributed by atoms with Crippen molar-refractivity contribution in [1.82, 2.24) is 0 Å². The molecule has 0 saturated carbocycles. The molecule has 1 N–H and O–H groups in total. The Morgan fingerprint density at radius 2 is 1.82 bits per heavy atom. The second-order valence-electron chi connectivity index (χ2n) is 3.86. The highest BCUT2D eigenvalue weighted by molar-refractivity contribution is 5.73. The summed E-state index contributed by atoms with van der Waals surface area (Å²) in [6, 6.07) is 6.65. The van der Waals surface area contributed by atoms with Crippen molar-refractivity contribution >= 4 is 11.7 Å². The maximum Gasteiger partial charge on any atom is 0.310 e. The van der Waals surface area contributed by atoms with Gasteiger partial charge in [0.05, 0.1) is 19.2 Å². The summed E-state index contributed by atoms with van der Waals surface area (Å²) in [5.74, 6) is -3.37. The molecule has 1 aromatic carbocycles. The quantitative estimate of drug-likeness (QED) is 0.672. The summed E-state index contributed by atoms with van der Waals surface area (Å²) in [4.78, 5) is 11.1. The second kappa shape index (κ2) is 7.37. The van der Waals surface area contributed by atoms with Crippen LogP contribution in [0.5, 0.6) is 0 Å². The number of methoxy groups -OCH3 is 1. The SMILES string of the molecule is COC(=O)Cc1ccc(NC(C#N)=C(C#N)C#N)c(F)c1F. The second-order valence-corrected chi connectivity index (χ2v) is 3.86. The molecule has 0 radical (unpaired) electrons. The van der Waals surface area contributed by atoms with Crippen LogP contribution in [0.1, 0.15) is 5.56 Å². The number of carbonyl (C=O) groups is 1. The van der Waals surface area contributed by atoms with Crippen LogP contribution < -0.4 is 5.32 Å². The minimum absolute atomic E-state index is 0.224. The molecule has 22 heavy (non-hydrogen) atoms. The topological polar surface area (TPSA) is 110 Å². The Labute approximate surface area is 124 Å². The predicted octanol–water partition coefficient (Wildman–Crippen LogP) is 1.92. The van der Waals surface area contributed by atoms with Crippen LogP contribution in [0.3, 0.4) is 0 Å². The molecule has 0 aliphatic carbocycles. The standard InChI is InChI=1S/C14H8F2N4O2/c1-22-12(21)4-8-2-3-10(14(16)13(8)15)20-11(7-19)9(5-17)6-18/h2-3,20H,4H2,1H3. The summed E-state index contributed by atoms with van der Waals surface area (Å²) < 4.78 is 32.1. The first-order valence-corrected chi connectivity index (χ1v) is 5.73. The van der Waals surface area contributed by atoms with E-state index in [1.807, 2.05) is 0 Å². The summed E-state index contributed by atoms with van der Waals surface area (Å²) in [7, 11) is 1.11. The Hall–Kier alpha value is -3.44. The minimum atomic E-state index is -1.34. The van der Waals surface area contributed by atoms with Crippen LogP contribution in [0.2, 0.25) is 0 Å². The molecule has 0 amide bonds. The lowest BCUT2D eigenvalue weighted by atomic mass is 10.1. The molecule has 0 unspecified atom stereocenters. The molecule has 0 aromatic heterocycles. The Morgan fingerprint density at radius 3 is 2.32 bits per heavy atom. The molecule has 1 aromatic rings. The monoisotopic (exact) mass is 302 g/mol. The number of halogens is 2. The van der Waals surface area contributed by atoms with Crippen LogP contribution in [0, 0.1) is 45.6 Å². The Balaban J connectivity index is 3.21. The highest BCUT2D eigenvalue weighted by Gasteiger charge is 2.17. The van der Waals surface area contributed by atoms with E-state index >= 15 is 0 Å². The molecule has 0 spiro atoms. The highest BCUT2D eigenvalue weighted by atomic mass is 19.2. The van der Waals surface area contributed by atoms with Gasteiger partial charge in [-0.15, -0.1) is 0 Å². The van der Waals surface area contributed by atoms with Gasteiger partial charge in [0.2, 0.25) is 0 Å². The maximum atomic E-state index is 13.9. The first kappa shape index (κ1) is 16.6. The Morgan fingerprint density at radius 1 is 1.18 bits per heavy atom. The molecule has 0 aliphatic rings. The fourth-order valence-corrected chi connectivity index (χ4v) is 1.47.